The Balaban J connectivity index is 1.86. The van der Waals surface area contributed by atoms with Gasteiger partial charge in [-0.25, -0.2) is 9.48 Å². The van der Waals surface area contributed by atoms with Gasteiger partial charge in [-0.1, -0.05) is 5.21 Å². The van der Waals surface area contributed by atoms with Crippen molar-refractivity contribution in [2.24, 2.45) is 0 Å². The first-order valence-electron chi connectivity index (χ1n) is 6.56. The molecule has 0 spiro atoms. The topological polar surface area (TPSA) is 97.1 Å². The van der Waals surface area contributed by atoms with Gasteiger partial charge >= 0.3 is 5.97 Å². The zero-order chi connectivity index (χ0) is 13.6. The highest BCUT2D eigenvalue weighted by molar-refractivity contribution is 5.87. The molecule has 7 nitrogen and oxygen atoms in total. The summed E-state index contributed by atoms with van der Waals surface area (Å²) in [6.45, 7) is 1.73. The van der Waals surface area contributed by atoms with Crippen LogP contribution in [0.1, 0.15) is 60.7 Å². The van der Waals surface area contributed by atoms with Crippen molar-refractivity contribution < 1.29 is 14.7 Å². The average Bonchev–Trinajstić information content (AvgIpc) is 3.28. The zero-order valence-corrected chi connectivity index (χ0v) is 10.7. The molecule has 2 N–H and O–H groups in total. The maximum atomic E-state index is 12.0. The third-order valence-electron chi connectivity index (χ3n) is 3.57. The van der Waals surface area contributed by atoms with Crippen molar-refractivity contribution in [3.63, 3.8) is 0 Å². The molecule has 1 amide bonds. The van der Waals surface area contributed by atoms with Gasteiger partial charge in [-0.3, -0.25) is 4.79 Å². The highest BCUT2D eigenvalue weighted by Crippen LogP contribution is 2.42. The lowest BCUT2D eigenvalue weighted by Crippen LogP contribution is -2.33. The van der Waals surface area contributed by atoms with Crippen LogP contribution in [0.4, 0.5) is 0 Å². The number of carboxylic acid groups (broad SMARTS) is 1. The normalized spacial score (nSPS) is 20.1. The standard InChI is InChI=1S/C12H16N4O3/c1-6(11(17)13-8-4-5-8)16-10(7-2-3-7)9(12(18)19)14-15-16/h6-8H,2-5H2,1H3,(H,13,17)(H,18,19). The Morgan fingerprint density at radius 1 is 1.37 bits per heavy atom. The quantitative estimate of drug-likeness (QED) is 0.815. The summed E-state index contributed by atoms with van der Waals surface area (Å²) in [7, 11) is 0. The summed E-state index contributed by atoms with van der Waals surface area (Å²) in [5.41, 5.74) is 0.569. The molecule has 1 aromatic rings. The summed E-state index contributed by atoms with van der Waals surface area (Å²) in [5.74, 6) is -1.02. The summed E-state index contributed by atoms with van der Waals surface area (Å²) in [4.78, 5) is 23.2. The monoisotopic (exact) mass is 264 g/mol. The molecule has 19 heavy (non-hydrogen) atoms. The van der Waals surface area contributed by atoms with Crippen LogP contribution in [0.5, 0.6) is 0 Å². The van der Waals surface area contributed by atoms with Crippen LogP contribution in [0.15, 0.2) is 0 Å². The third kappa shape index (κ3) is 2.32. The van der Waals surface area contributed by atoms with Gasteiger partial charge in [-0.15, -0.1) is 5.10 Å². The summed E-state index contributed by atoms with van der Waals surface area (Å²) >= 11 is 0. The number of carboxylic acids is 1. The van der Waals surface area contributed by atoms with E-state index in [1.54, 1.807) is 6.92 Å². The number of aromatic nitrogens is 3. The van der Waals surface area contributed by atoms with Crippen molar-refractivity contribution >= 4 is 11.9 Å². The average molecular weight is 264 g/mol. The number of nitrogens with zero attached hydrogens (tertiary/aromatic N) is 3. The van der Waals surface area contributed by atoms with Gasteiger partial charge in [-0.05, 0) is 32.6 Å². The van der Waals surface area contributed by atoms with Gasteiger partial charge in [0.25, 0.3) is 0 Å². The second-order valence-corrected chi connectivity index (χ2v) is 5.31. The van der Waals surface area contributed by atoms with E-state index in [2.05, 4.69) is 15.6 Å². The van der Waals surface area contributed by atoms with Gasteiger partial charge in [0, 0.05) is 12.0 Å². The Hall–Kier alpha value is -1.92. The van der Waals surface area contributed by atoms with E-state index in [1.807, 2.05) is 0 Å². The molecule has 3 rings (SSSR count). The molecule has 102 valence electrons. The number of amides is 1. The molecule has 2 saturated carbocycles. The highest BCUT2D eigenvalue weighted by atomic mass is 16.4. The van der Waals surface area contributed by atoms with E-state index in [9.17, 15) is 9.59 Å². The Bertz CT molecular complexity index is 531. The smallest absolute Gasteiger partial charge is 0.358 e. The van der Waals surface area contributed by atoms with Crippen LogP contribution in [0.3, 0.4) is 0 Å². The predicted octanol–water partition coefficient (Wildman–Crippen LogP) is 0.693. The molecule has 1 heterocycles. The van der Waals surface area contributed by atoms with Crippen molar-refractivity contribution in [1.29, 1.82) is 0 Å². The fourth-order valence-electron chi connectivity index (χ4n) is 2.14. The molecule has 2 aliphatic carbocycles. The lowest BCUT2D eigenvalue weighted by molar-refractivity contribution is -0.124. The number of nitrogens with one attached hydrogen (secondary N) is 1. The molecule has 0 radical (unpaired) electrons. The van der Waals surface area contributed by atoms with E-state index in [0.717, 1.165) is 25.7 Å². The minimum Gasteiger partial charge on any atom is -0.476 e. The SMILES string of the molecule is CC(C(=O)NC1CC1)n1nnc(C(=O)O)c1C1CC1. The highest BCUT2D eigenvalue weighted by Gasteiger charge is 2.36. The second-order valence-electron chi connectivity index (χ2n) is 5.31. The maximum Gasteiger partial charge on any atom is 0.358 e. The van der Waals surface area contributed by atoms with Gasteiger partial charge in [0.1, 0.15) is 6.04 Å². The number of hydrogen-bond donors (Lipinski definition) is 2. The molecule has 0 aliphatic heterocycles. The van der Waals surface area contributed by atoms with Crippen molar-refractivity contribution in [3.8, 4) is 0 Å². The van der Waals surface area contributed by atoms with Gasteiger partial charge in [0.15, 0.2) is 5.69 Å². The Morgan fingerprint density at radius 3 is 2.58 bits per heavy atom. The van der Waals surface area contributed by atoms with Crippen molar-refractivity contribution in [1.82, 2.24) is 20.3 Å². The third-order valence-corrected chi connectivity index (χ3v) is 3.57. The molecule has 0 saturated heterocycles. The van der Waals surface area contributed by atoms with E-state index in [0.29, 0.717) is 5.69 Å². The number of carbonyl (C=O) groups is 2. The summed E-state index contributed by atoms with van der Waals surface area (Å²) in [6.07, 6.45) is 3.91. The Morgan fingerprint density at radius 2 is 2.05 bits per heavy atom. The second kappa shape index (κ2) is 4.32. The lowest BCUT2D eigenvalue weighted by atomic mass is 10.2. The lowest BCUT2D eigenvalue weighted by Gasteiger charge is -2.14. The van der Waals surface area contributed by atoms with Gasteiger partial charge in [0.2, 0.25) is 5.91 Å². The predicted molar refractivity (Wildman–Crippen MR) is 64.8 cm³/mol. The first-order valence-corrected chi connectivity index (χ1v) is 6.56. The minimum absolute atomic E-state index is 0.0198. The molecule has 0 aromatic carbocycles. The fourth-order valence-corrected chi connectivity index (χ4v) is 2.14. The van der Waals surface area contributed by atoms with Crippen LogP contribution in [-0.2, 0) is 4.79 Å². The van der Waals surface area contributed by atoms with Crippen molar-refractivity contribution in [2.75, 3.05) is 0 Å². The van der Waals surface area contributed by atoms with Crippen molar-refractivity contribution in [2.45, 2.75) is 50.6 Å². The number of aromatic carboxylic acids is 1. The molecular weight excluding hydrogens is 248 g/mol. The number of carbonyl (C=O) groups excluding carboxylic acids is 1. The Labute approximate surface area is 110 Å². The number of hydrogen-bond acceptors (Lipinski definition) is 4. The van der Waals surface area contributed by atoms with Gasteiger partial charge in [0.05, 0.1) is 5.69 Å². The largest absolute Gasteiger partial charge is 0.476 e. The molecule has 7 heteroatoms. The van der Waals surface area contributed by atoms with Gasteiger partial charge in [-0.2, -0.15) is 0 Å². The molecule has 2 fully saturated rings. The number of rotatable bonds is 5. The Kier molecular flexibility index (Phi) is 2.76. The zero-order valence-electron chi connectivity index (χ0n) is 10.7. The molecule has 1 aromatic heterocycles. The van der Waals surface area contributed by atoms with E-state index < -0.39 is 12.0 Å². The van der Waals surface area contributed by atoms with Crippen LogP contribution < -0.4 is 5.32 Å². The molecule has 1 unspecified atom stereocenters. The van der Waals surface area contributed by atoms with Gasteiger partial charge < -0.3 is 10.4 Å². The van der Waals surface area contributed by atoms with Crippen LogP contribution in [0.25, 0.3) is 0 Å². The molecule has 2 aliphatic rings. The van der Waals surface area contributed by atoms with E-state index in [-0.39, 0.29) is 23.6 Å². The van der Waals surface area contributed by atoms with Crippen molar-refractivity contribution in [3.05, 3.63) is 11.4 Å². The van der Waals surface area contributed by atoms with E-state index in [4.69, 9.17) is 5.11 Å². The molecular formula is C12H16N4O3. The van der Waals surface area contributed by atoms with E-state index >= 15 is 0 Å². The first-order chi connectivity index (χ1) is 9.08. The van der Waals surface area contributed by atoms with Crippen LogP contribution in [0, 0.1) is 0 Å². The van der Waals surface area contributed by atoms with E-state index in [1.165, 1.54) is 4.68 Å². The summed E-state index contributed by atoms with van der Waals surface area (Å²) in [5, 5.41) is 19.6. The minimum atomic E-state index is -1.08. The summed E-state index contributed by atoms with van der Waals surface area (Å²) in [6, 6.07) is -0.237. The maximum absolute atomic E-state index is 12.0. The fraction of sp³-hybridized carbons (Fsp3) is 0.667. The molecule has 0 bridgehead atoms. The van der Waals surface area contributed by atoms with Crippen LogP contribution in [0.2, 0.25) is 0 Å². The molecule has 1 atom stereocenters. The summed E-state index contributed by atoms with van der Waals surface area (Å²) < 4.78 is 1.47. The van der Waals surface area contributed by atoms with Crippen LogP contribution in [-0.4, -0.2) is 38.0 Å². The van der Waals surface area contributed by atoms with Crippen LogP contribution >= 0.6 is 0 Å². The first kappa shape index (κ1) is 12.1.